The number of hydrogen-bond acceptors (Lipinski definition) is 3. The molecule has 0 aromatic heterocycles. The second-order valence-corrected chi connectivity index (χ2v) is 5.02. The Morgan fingerprint density at radius 1 is 1.53 bits per heavy atom. The van der Waals surface area contributed by atoms with E-state index in [2.05, 4.69) is 0 Å². The van der Waals surface area contributed by atoms with Crippen molar-refractivity contribution in [3.8, 4) is 0 Å². The molecule has 4 nitrogen and oxygen atoms in total. The van der Waals surface area contributed by atoms with E-state index >= 15 is 0 Å². The van der Waals surface area contributed by atoms with Crippen LogP contribution >= 0.6 is 0 Å². The van der Waals surface area contributed by atoms with E-state index in [1.54, 1.807) is 20.9 Å². The molecule has 1 N–H and O–H groups in total. The van der Waals surface area contributed by atoms with Gasteiger partial charge in [-0.15, -0.1) is 0 Å². The summed E-state index contributed by atoms with van der Waals surface area (Å²) in [6, 6.07) is 0. The maximum atomic E-state index is 11.5. The molecule has 1 aliphatic carbocycles. The molecular weight excluding hydrogens is 194 g/mol. The lowest BCUT2D eigenvalue weighted by molar-refractivity contribution is -0.137. The van der Waals surface area contributed by atoms with Gasteiger partial charge < -0.3 is 14.7 Å². The summed E-state index contributed by atoms with van der Waals surface area (Å²) in [4.78, 5) is 13.0. The molecule has 1 fully saturated rings. The molecular formula is C11H21NO3. The fourth-order valence-corrected chi connectivity index (χ4v) is 1.38. The summed E-state index contributed by atoms with van der Waals surface area (Å²) in [6.45, 7) is 4.52. The Morgan fingerprint density at radius 2 is 2.13 bits per heavy atom. The summed E-state index contributed by atoms with van der Waals surface area (Å²) in [5.41, 5.74) is -0.846. The van der Waals surface area contributed by atoms with Crippen molar-refractivity contribution >= 4 is 5.91 Å². The van der Waals surface area contributed by atoms with Crippen LogP contribution in [0.1, 0.15) is 26.7 Å². The van der Waals surface area contributed by atoms with Gasteiger partial charge in [0, 0.05) is 13.6 Å². The number of carbonyl (C=O) groups is 1. The van der Waals surface area contributed by atoms with Gasteiger partial charge in [-0.05, 0) is 32.6 Å². The molecule has 0 aliphatic heterocycles. The number of rotatable bonds is 6. The normalized spacial score (nSPS) is 16.5. The number of aliphatic hydroxyl groups is 1. The number of carbonyl (C=O) groups excluding carboxylic acids is 1. The van der Waals surface area contributed by atoms with E-state index in [0.29, 0.717) is 19.1 Å². The van der Waals surface area contributed by atoms with Crippen molar-refractivity contribution in [1.82, 2.24) is 4.90 Å². The average molecular weight is 215 g/mol. The Morgan fingerprint density at radius 3 is 2.60 bits per heavy atom. The maximum Gasteiger partial charge on any atom is 0.248 e. The number of hydrogen-bond donors (Lipinski definition) is 1. The van der Waals surface area contributed by atoms with Crippen LogP contribution in [0.4, 0.5) is 0 Å². The number of likely N-dealkylation sites (N-methyl/N-ethyl adjacent to an activating group) is 1. The largest absolute Gasteiger partial charge is 0.389 e. The van der Waals surface area contributed by atoms with Gasteiger partial charge in [-0.25, -0.2) is 0 Å². The van der Waals surface area contributed by atoms with E-state index < -0.39 is 5.60 Å². The number of amides is 1. The molecule has 0 aromatic carbocycles. The lowest BCUT2D eigenvalue weighted by atomic mass is 10.1. The Hall–Kier alpha value is -0.610. The second-order valence-electron chi connectivity index (χ2n) is 5.02. The molecule has 1 saturated carbocycles. The molecule has 1 amide bonds. The first-order chi connectivity index (χ1) is 6.88. The summed E-state index contributed by atoms with van der Waals surface area (Å²) in [7, 11) is 1.68. The fourth-order valence-electron chi connectivity index (χ4n) is 1.38. The molecule has 1 rings (SSSR count). The van der Waals surface area contributed by atoms with Crippen LogP contribution in [0.5, 0.6) is 0 Å². The van der Waals surface area contributed by atoms with E-state index in [4.69, 9.17) is 4.74 Å². The van der Waals surface area contributed by atoms with Gasteiger partial charge >= 0.3 is 0 Å². The molecule has 1 aliphatic rings. The Balaban J connectivity index is 2.13. The lowest BCUT2D eigenvalue weighted by Gasteiger charge is -2.25. The van der Waals surface area contributed by atoms with Gasteiger partial charge in [-0.2, -0.15) is 0 Å². The standard InChI is InChI=1S/C11H21NO3/c1-11(2,14)8-12(3)10(13)7-15-6-9-4-5-9/h9,14H,4-8H2,1-3H3. The Kier molecular flexibility index (Phi) is 4.11. The molecule has 0 bridgehead atoms. The quantitative estimate of drug-likeness (QED) is 0.707. The first kappa shape index (κ1) is 12.5. The highest BCUT2D eigenvalue weighted by molar-refractivity contribution is 5.77. The zero-order chi connectivity index (χ0) is 11.5. The molecule has 0 radical (unpaired) electrons. The number of ether oxygens (including phenoxy) is 1. The van der Waals surface area contributed by atoms with E-state index in [9.17, 15) is 9.90 Å². The van der Waals surface area contributed by atoms with Crippen LogP contribution in [0.25, 0.3) is 0 Å². The first-order valence-corrected chi connectivity index (χ1v) is 5.42. The molecule has 4 heteroatoms. The topological polar surface area (TPSA) is 49.8 Å². The zero-order valence-electron chi connectivity index (χ0n) is 9.82. The van der Waals surface area contributed by atoms with Crippen molar-refractivity contribution in [2.45, 2.75) is 32.3 Å². The van der Waals surface area contributed by atoms with Crippen LogP contribution in [0.15, 0.2) is 0 Å². The summed E-state index contributed by atoms with van der Waals surface area (Å²) in [5, 5.41) is 9.53. The lowest BCUT2D eigenvalue weighted by Crippen LogP contribution is -2.41. The molecule has 0 heterocycles. The van der Waals surface area contributed by atoms with Gasteiger partial charge in [0.25, 0.3) is 0 Å². The summed E-state index contributed by atoms with van der Waals surface area (Å²) in [5.74, 6) is 0.607. The van der Waals surface area contributed by atoms with Gasteiger partial charge in [0.1, 0.15) is 6.61 Å². The van der Waals surface area contributed by atoms with Crippen LogP contribution < -0.4 is 0 Å². The summed E-state index contributed by atoms with van der Waals surface area (Å²) in [6.07, 6.45) is 2.46. The van der Waals surface area contributed by atoms with E-state index in [-0.39, 0.29) is 12.5 Å². The van der Waals surface area contributed by atoms with Gasteiger partial charge in [0.05, 0.1) is 12.2 Å². The second kappa shape index (κ2) is 4.94. The molecule has 0 unspecified atom stereocenters. The van der Waals surface area contributed by atoms with E-state index in [0.717, 1.165) is 0 Å². The highest BCUT2D eigenvalue weighted by Crippen LogP contribution is 2.28. The third-order valence-electron chi connectivity index (χ3n) is 2.33. The van der Waals surface area contributed by atoms with Gasteiger partial charge in [0.15, 0.2) is 0 Å². The predicted molar refractivity (Wildman–Crippen MR) is 57.5 cm³/mol. The maximum absolute atomic E-state index is 11.5. The van der Waals surface area contributed by atoms with Crippen LogP contribution in [0, 0.1) is 5.92 Å². The van der Waals surface area contributed by atoms with Crippen LogP contribution in [0.3, 0.4) is 0 Å². The van der Waals surface area contributed by atoms with Crippen molar-refractivity contribution in [2.24, 2.45) is 5.92 Å². The monoisotopic (exact) mass is 215 g/mol. The van der Waals surface area contributed by atoms with Crippen LogP contribution in [-0.2, 0) is 9.53 Å². The third-order valence-corrected chi connectivity index (χ3v) is 2.33. The highest BCUT2D eigenvalue weighted by Gasteiger charge is 2.23. The smallest absolute Gasteiger partial charge is 0.248 e. The zero-order valence-corrected chi connectivity index (χ0v) is 9.82. The van der Waals surface area contributed by atoms with Crippen molar-refractivity contribution in [3.05, 3.63) is 0 Å². The van der Waals surface area contributed by atoms with Gasteiger partial charge in [-0.1, -0.05) is 0 Å². The van der Waals surface area contributed by atoms with Crippen molar-refractivity contribution < 1.29 is 14.6 Å². The fraction of sp³-hybridized carbons (Fsp3) is 0.909. The minimum absolute atomic E-state index is 0.0715. The first-order valence-electron chi connectivity index (χ1n) is 5.42. The van der Waals surface area contributed by atoms with Crippen molar-refractivity contribution in [3.63, 3.8) is 0 Å². The molecule has 0 atom stereocenters. The van der Waals surface area contributed by atoms with Crippen molar-refractivity contribution in [2.75, 3.05) is 26.8 Å². The van der Waals surface area contributed by atoms with Crippen LogP contribution in [0.2, 0.25) is 0 Å². The predicted octanol–water partition coefficient (Wildman–Crippen LogP) is 0.642. The molecule has 88 valence electrons. The van der Waals surface area contributed by atoms with E-state index in [1.807, 2.05) is 0 Å². The minimum atomic E-state index is -0.846. The third kappa shape index (κ3) is 5.74. The SMILES string of the molecule is CN(CC(C)(C)O)C(=O)COCC1CC1. The Bertz CT molecular complexity index is 218. The molecule has 0 aromatic rings. The van der Waals surface area contributed by atoms with Crippen LogP contribution in [-0.4, -0.2) is 48.3 Å². The van der Waals surface area contributed by atoms with Gasteiger partial charge in [0.2, 0.25) is 5.91 Å². The average Bonchev–Trinajstić information content (AvgIpc) is 2.84. The van der Waals surface area contributed by atoms with Crippen molar-refractivity contribution in [1.29, 1.82) is 0 Å². The highest BCUT2D eigenvalue weighted by atomic mass is 16.5. The van der Waals surface area contributed by atoms with E-state index in [1.165, 1.54) is 17.7 Å². The number of nitrogens with zero attached hydrogens (tertiary/aromatic N) is 1. The van der Waals surface area contributed by atoms with Gasteiger partial charge in [-0.3, -0.25) is 4.79 Å². The summed E-state index contributed by atoms with van der Waals surface area (Å²) >= 11 is 0. The molecule has 15 heavy (non-hydrogen) atoms. The minimum Gasteiger partial charge on any atom is -0.389 e. The Labute approximate surface area is 91.2 Å². The molecule has 0 saturated heterocycles. The molecule has 0 spiro atoms. The summed E-state index contributed by atoms with van der Waals surface area (Å²) < 4.78 is 5.28.